The minimum Gasteiger partial charge on any atom is -0.310 e. The van der Waals surface area contributed by atoms with Gasteiger partial charge in [-0.15, -0.1) is 0 Å². The first-order valence-electron chi connectivity index (χ1n) is 6.60. The Labute approximate surface area is 136 Å². The lowest BCUT2D eigenvalue weighted by Gasteiger charge is -2.07. The highest BCUT2D eigenvalue weighted by Crippen LogP contribution is 2.19. The van der Waals surface area contributed by atoms with Crippen LogP contribution in [0.25, 0.3) is 10.8 Å². The molecule has 21 heavy (non-hydrogen) atoms. The van der Waals surface area contributed by atoms with Crippen molar-refractivity contribution in [2.24, 2.45) is 0 Å². The molecule has 3 rings (SSSR count). The van der Waals surface area contributed by atoms with Crippen molar-refractivity contribution in [2.75, 3.05) is 5.32 Å². The Morgan fingerprint density at radius 3 is 2.67 bits per heavy atom. The Morgan fingerprint density at radius 2 is 1.86 bits per heavy atom. The van der Waals surface area contributed by atoms with Crippen molar-refractivity contribution in [1.29, 1.82) is 0 Å². The second-order valence-corrected chi connectivity index (χ2v) is 5.97. The molecule has 104 valence electrons. The van der Waals surface area contributed by atoms with Crippen molar-refractivity contribution in [3.8, 4) is 0 Å². The molecule has 1 heterocycles. The van der Waals surface area contributed by atoms with Gasteiger partial charge in [0.1, 0.15) is 5.82 Å². The van der Waals surface area contributed by atoms with Crippen LogP contribution in [0.1, 0.15) is 5.56 Å². The fourth-order valence-electron chi connectivity index (χ4n) is 2.26. The molecule has 0 aliphatic carbocycles. The summed E-state index contributed by atoms with van der Waals surface area (Å²) in [7, 11) is 0. The summed E-state index contributed by atoms with van der Waals surface area (Å²) in [6, 6.07) is 17.8. The second kappa shape index (κ2) is 6.22. The predicted octanol–water partition coefficient (Wildman–Crippen LogP) is 4.02. The number of nitrogens with one attached hydrogen (secondary N) is 1. The lowest BCUT2D eigenvalue weighted by molar-refractivity contribution is -0.115. The largest absolute Gasteiger partial charge is 0.310 e. The summed E-state index contributed by atoms with van der Waals surface area (Å²) in [6.07, 6.45) is 2.07. The number of hydrogen-bond acceptors (Lipinski definition) is 2. The highest BCUT2D eigenvalue weighted by atomic mass is 127. The number of carbonyl (C=O) groups is 1. The van der Waals surface area contributed by atoms with Crippen LogP contribution < -0.4 is 5.32 Å². The third-order valence-corrected chi connectivity index (χ3v) is 3.86. The molecule has 1 aromatic heterocycles. The number of aromatic nitrogens is 1. The van der Waals surface area contributed by atoms with E-state index < -0.39 is 0 Å². The third-order valence-electron chi connectivity index (χ3n) is 3.23. The number of carbonyl (C=O) groups excluding carboxylic acids is 1. The van der Waals surface area contributed by atoms with Crippen LogP contribution in [0.3, 0.4) is 0 Å². The van der Waals surface area contributed by atoms with Crippen LogP contribution in [0.4, 0.5) is 5.82 Å². The summed E-state index contributed by atoms with van der Waals surface area (Å²) in [5.74, 6) is 0.528. The monoisotopic (exact) mass is 388 g/mol. The van der Waals surface area contributed by atoms with Crippen LogP contribution in [0.2, 0.25) is 0 Å². The van der Waals surface area contributed by atoms with Crippen LogP contribution in [0.15, 0.2) is 60.8 Å². The number of benzene rings is 2. The average molecular weight is 388 g/mol. The number of hydrogen-bond donors (Lipinski definition) is 1. The van der Waals surface area contributed by atoms with E-state index in [0.717, 1.165) is 19.9 Å². The van der Waals surface area contributed by atoms with E-state index in [1.807, 2.05) is 42.5 Å². The maximum absolute atomic E-state index is 12.2. The van der Waals surface area contributed by atoms with Gasteiger partial charge >= 0.3 is 0 Å². The number of rotatable bonds is 3. The van der Waals surface area contributed by atoms with Gasteiger partial charge in [-0.1, -0.05) is 42.5 Å². The minimum atomic E-state index is -0.0555. The number of nitrogens with zero attached hydrogens (tertiary/aromatic N) is 1. The molecule has 2 aromatic carbocycles. The van der Waals surface area contributed by atoms with Crippen LogP contribution in [-0.2, 0) is 11.2 Å². The smallest absolute Gasteiger partial charge is 0.229 e. The molecule has 0 aliphatic heterocycles. The molecule has 1 amide bonds. The van der Waals surface area contributed by atoms with Gasteiger partial charge in [0.15, 0.2) is 0 Å². The maximum Gasteiger partial charge on any atom is 0.229 e. The zero-order valence-electron chi connectivity index (χ0n) is 11.2. The topological polar surface area (TPSA) is 42.0 Å². The van der Waals surface area contributed by atoms with Gasteiger partial charge in [-0.25, -0.2) is 4.98 Å². The molecule has 3 aromatic rings. The van der Waals surface area contributed by atoms with E-state index in [-0.39, 0.29) is 5.91 Å². The van der Waals surface area contributed by atoms with E-state index in [1.165, 1.54) is 0 Å². The number of pyridine rings is 1. The number of fused-ring (bicyclic) bond motifs is 1. The van der Waals surface area contributed by atoms with Crippen molar-refractivity contribution in [3.05, 3.63) is 69.9 Å². The maximum atomic E-state index is 12.2. The summed E-state index contributed by atoms with van der Waals surface area (Å²) < 4.78 is 1.04. The Balaban J connectivity index is 1.79. The Hall–Kier alpha value is -1.95. The van der Waals surface area contributed by atoms with Gasteiger partial charge in [-0.3, -0.25) is 4.79 Å². The zero-order valence-corrected chi connectivity index (χ0v) is 13.4. The van der Waals surface area contributed by atoms with Crippen LogP contribution >= 0.6 is 22.6 Å². The molecule has 0 radical (unpaired) electrons. The van der Waals surface area contributed by atoms with Gasteiger partial charge in [0, 0.05) is 9.77 Å². The van der Waals surface area contributed by atoms with Gasteiger partial charge in [0.2, 0.25) is 5.91 Å². The van der Waals surface area contributed by atoms with E-state index in [0.29, 0.717) is 12.2 Å². The molecule has 1 N–H and O–H groups in total. The lowest BCUT2D eigenvalue weighted by Crippen LogP contribution is -2.15. The van der Waals surface area contributed by atoms with E-state index >= 15 is 0 Å². The van der Waals surface area contributed by atoms with Gasteiger partial charge in [-0.05, 0) is 51.1 Å². The second-order valence-electron chi connectivity index (χ2n) is 4.72. The van der Waals surface area contributed by atoms with Crippen molar-refractivity contribution in [3.63, 3.8) is 0 Å². The highest BCUT2D eigenvalue weighted by Gasteiger charge is 2.07. The van der Waals surface area contributed by atoms with Gasteiger partial charge in [0.25, 0.3) is 0 Å². The third kappa shape index (κ3) is 3.39. The molecule has 4 heteroatoms. The first kappa shape index (κ1) is 14.0. The molecule has 0 atom stereocenters. The molecule has 0 fully saturated rings. The summed E-state index contributed by atoms with van der Waals surface area (Å²) >= 11 is 2.18. The number of halogens is 1. The molecule has 0 saturated heterocycles. The molecule has 0 unspecified atom stereocenters. The summed E-state index contributed by atoms with van der Waals surface area (Å²) in [5, 5.41) is 5.09. The van der Waals surface area contributed by atoms with Crippen LogP contribution in [-0.4, -0.2) is 10.9 Å². The van der Waals surface area contributed by atoms with Crippen molar-refractivity contribution >= 4 is 45.1 Å². The van der Waals surface area contributed by atoms with Gasteiger partial charge in [0.05, 0.1) is 6.42 Å². The molecule has 3 nitrogen and oxygen atoms in total. The molecule has 0 saturated carbocycles. The normalized spacial score (nSPS) is 10.5. The molecule has 0 spiro atoms. The van der Waals surface area contributed by atoms with Crippen molar-refractivity contribution in [1.82, 2.24) is 4.98 Å². The molecular formula is C17H13IN2O. The Morgan fingerprint density at radius 1 is 1.05 bits per heavy atom. The SMILES string of the molecule is O=C(Cc1cccc2ccccc12)Nc1ccc(I)cn1. The van der Waals surface area contributed by atoms with E-state index in [1.54, 1.807) is 6.20 Å². The average Bonchev–Trinajstić information content (AvgIpc) is 2.50. The molecule has 0 bridgehead atoms. The van der Waals surface area contributed by atoms with Crippen molar-refractivity contribution < 1.29 is 4.79 Å². The fraction of sp³-hybridized carbons (Fsp3) is 0.0588. The quantitative estimate of drug-likeness (QED) is 0.689. The van der Waals surface area contributed by atoms with Crippen LogP contribution in [0.5, 0.6) is 0 Å². The Bertz CT molecular complexity index is 779. The predicted molar refractivity (Wildman–Crippen MR) is 93.2 cm³/mol. The Kier molecular flexibility index (Phi) is 4.15. The first-order chi connectivity index (χ1) is 10.2. The summed E-state index contributed by atoms with van der Waals surface area (Å²) in [6.45, 7) is 0. The van der Waals surface area contributed by atoms with Gasteiger partial charge < -0.3 is 5.32 Å². The fourth-order valence-corrected chi connectivity index (χ4v) is 2.58. The van der Waals surface area contributed by atoms with Crippen molar-refractivity contribution in [2.45, 2.75) is 6.42 Å². The summed E-state index contributed by atoms with van der Waals surface area (Å²) in [5.41, 5.74) is 1.02. The lowest BCUT2D eigenvalue weighted by atomic mass is 10.0. The molecule has 0 aliphatic rings. The zero-order chi connectivity index (χ0) is 14.7. The molecular weight excluding hydrogens is 375 g/mol. The first-order valence-corrected chi connectivity index (χ1v) is 7.68. The van der Waals surface area contributed by atoms with Gasteiger partial charge in [-0.2, -0.15) is 0 Å². The standard InChI is InChI=1S/C17H13IN2O/c18-14-8-9-16(19-11-14)20-17(21)10-13-6-3-5-12-4-1-2-7-15(12)13/h1-9,11H,10H2,(H,19,20,21). The summed E-state index contributed by atoms with van der Waals surface area (Å²) in [4.78, 5) is 16.3. The van der Waals surface area contributed by atoms with E-state index in [2.05, 4.69) is 45.0 Å². The number of anilines is 1. The highest BCUT2D eigenvalue weighted by molar-refractivity contribution is 14.1. The number of amides is 1. The van der Waals surface area contributed by atoms with E-state index in [4.69, 9.17) is 0 Å². The minimum absolute atomic E-state index is 0.0555. The van der Waals surface area contributed by atoms with Crippen LogP contribution in [0, 0.1) is 3.57 Å². The van der Waals surface area contributed by atoms with E-state index in [9.17, 15) is 4.79 Å².